The third-order valence-corrected chi connectivity index (χ3v) is 4.88. The van der Waals surface area contributed by atoms with Crippen LogP contribution in [0.25, 0.3) is 0 Å². The fraction of sp³-hybridized carbons (Fsp3) is 0.455. The molecule has 1 aliphatic heterocycles. The van der Waals surface area contributed by atoms with Crippen molar-refractivity contribution in [1.29, 1.82) is 0 Å². The van der Waals surface area contributed by atoms with Gasteiger partial charge in [-0.3, -0.25) is 9.79 Å². The van der Waals surface area contributed by atoms with Gasteiger partial charge in [-0.1, -0.05) is 26.0 Å². The van der Waals surface area contributed by atoms with Gasteiger partial charge in [-0.2, -0.15) is 0 Å². The minimum absolute atomic E-state index is 0. The monoisotopic (exact) mass is 537 g/mol. The molecule has 0 spiro atoms. The molecule has 2 N–H and O–H groups in total. The summed E-state index contributed by atoms with van der Waals surface area (Å²) < 4.78 is 0. The fourth-order valence-electron chi connectivity index (χ4n) is 3.43. The number of carbonyl (C=O) groups is 1. The highest BCUT2D eigenvalue weighted by molar-refractivity contribution is 14.0. The van der Waals surface area contributed by atoms with Gasteiger partial charge in [-0.05, 0) is 29.7 Å². The van der Waals surface area contributed by atoms with E-state index in [1.165, 1.54) is 0 Å². The van der Waals surface area contributed by atoms with E-state index in [0.717, 1.165) is 49.3 Å². The standard InChI is InChI=1S/C22H31N7O.HI/c1-17(2)14-20(30)27-19-7-4-6-18(15-19)16-26-21(23-3)28-10-12-29(13-11-28)22-24-8-5-9-25-22;/h4-9,15,17H,10-14,16H2,1-3H3,(H,23,26)(H,27,30);1H. The zero-order chi connectivity index (χ0) is 21.3. The Balaban J connectivity index is 0.00000341. The first-order valence-electron chi connectivity index (χ1n) is 10.4. The van der Waals surface area contributed by atoms with Crippen molar-refractivity contribution in [1.82, 2.24) is 20.2 Å². The first-order chi connectivity index (χ1) is 14.5. The highest BCUT2D eigenvalue weighted by Crippen LogP contribution is 2.13. The van der Waals surface area contributed by atoms with Crippen molar-refractivity contribution in [3.05, 3.63) is 48.3 Å². The summed E-state index contributed by atoms with van der Waals surface area (Å²) in [7, 11) is 1.80. The van der Waals surface area contributed by atoms with Gasteiger partial charge >= 0.3 is 0 Å². The zero-order valence-corrected chi connectivity index (χ0v) is 20.7. The maximum Gasteiger partial charge on any atom is 0.225 e. The number of piperazine rings is 1. The normalized spacial score (nSPS) is 14.3. The molecule has 0 bridgehead atoms. The Labute approximate surface area is 201 Å². The number of rotatable bonds is 6. The van der Waals surface area contributed by atoms with Crippen molar-refractivity contribution in [3.8, 4) is 0 Å². The summed E-state index contributed by atoms with van der Waals surface area (Å²) >= 11 is 0. The van der Waals surface area contributed by atoms with E-state index in [2.05, 4.69) is 35.4 Å². The van der Waals surface area contributed by atoms with Crippen LogP contribution in [-0.4, -0.2) is 60.0 Å². The molecule has 2 aromatic rings. The van der Waals surface area contributed by atoms with Gasteiger partial charge in [-0.15, -0.1) is 24.0 Å². The molecule has 0 aliphatic carbocycles. The second kappa shape index (κ2) is 12.4. The van der Waals surface area contributed by atoms with Crippen LogP contribution in [0.1, 0.15) is 25.8 Å². The van der Waals surface area contributed by atoms with E-state index in [0.29, 0.717) is 18.9 Å². The molecule has 8 nitrogen and oxygen atoms in total. The van der Waals surface area contributed by atoms with E-state index in [9.17, 15) is 4.79 Å². The maximum absolute atomic E-state index is 12.0. The Bertz CT molecular complexity index is 852. The predicted molar refractivity (Wildman–Crippen MR) is 136 cm³/mol. The lowest BCUT2D eigenvalue weighted by molar-refractivity contribution is -0.116. The van der Waals surface area contributed by atoms with Crippen molar-refractivity contribution in [2.75, 3.05) is 43.4 Å². The lowest BCUT2D eigenvalue weighted by Crippen LogP contribution is -2.52. The van der Waals surface area contributed by atoms with Gasteiger partial charge in [0.1, 0.15) is 0 Å². The number of amides is 1. The van der Waals surface area contributed by atoms with Gasteiger partial charge in [0.25, 0.3) is 0 Å². The minimum atomic E-state index is 0. The molecule has 0 unspecified atom stereocenters. The van der Waals surface area contributed by atoms with Crippen LogP contribution in [0.2, 0.25) is 0 Å². The summed E-state index contributed by atoms with van der Waals surface area (Å²) in [5.74, 6) is 2.03. The number of halogens is 1. The Morgan fingerprint density at radius 2 is 1.84 bits per heavy atom. The van der Waals surface area contributed by atoms with Crippen molar-refractivity contribution in [3.63, 3.8) is 0 Å². The van der Waals surface area contributed by atoms with E-state index < -0.39 is 0 Å². The average Bonchev–Trinajstić information content (AvgIpc) is 2.75. The topological polar surface area (TPSA) is 85.8 Å². The molecule has 0 saturated carbocycles. The molecule has 0 radical (unpaired) electrons. The summed E-state index contributed by atoms with van der Waals surface area (Å²) in [6, 6.07) is 9.76. The third-order valence-electron chi connectivity index (χ3n) is 4.88. The highest BCUT2D eigenvalue weighted by atomic mass is 127. The minimum Gasteiger partial charge on any atom is -0.352 e. The Morgan fingerprint density at radius 3 is 2.48 bits per heavy atom. The second-order valence-corrected chi connectivity index (χ2v) is 7.77. The van der Waals surface area contributed by atoms with Crippen LogP contribution in [0.3, 0.4) is 0 Å². The molecule has 1 fully saturated rings. The quantitative estimate of drug-likeness (QED) is 0.335. The molecule has 168 valence electrons. The lowest BCUT2D eigenvalue weighted by atomic mass is 10.1. The Hall–Kier alpha value is -2.43. The number of hydrogen-bond acceptors (Lipinski definition) is 5. The number of anilines is 2. The summed E-state index contributed by atoms with van der Waals surface area (Å²) in [4.78, 5) is 29.6. The molecule has 1 aromatic carbocycles. The summed E-state index contributed by atoms with van der Waals surface area (Å²) in [6.07, 6.45) is 4.07. The van der Waals surface area contributed by atoms with Gasteiger partial charge in [0.15, 0.2) is 5.96 Å². The van der Waals surface area contributed by atoms with Gasteiger partial charge < -0.3 is 20.4 Å². The van der Waals surface area contributed by atoms with E-state index in [-0.39, 0.29) is 29.9 Å². The second-order valence-electron chi connectivity index (χ2n) is 7.77. The van der Waals surface area contributed by atoms with Crippen molar-refractivity contribution < 1.29 is 4.79 Å². The molecule has 3 rings (SSSR count). The van der Waals surface area contributed by atoms with Crippen molar-refractivity contribution in [2.45, 2.75) is 26.8 Å². The van der Waals surface area contributed by atoms with Crippen molar-refractivity contribution in [2.24, 2.45) is 10.9 Å². The SMILES string of the molecule is CN=C(NCc1cccc(NC(=O)CC(C)C)c1)N1CCN(c2ncccn2)CC1.I. The Morgan fingerprint density at radius 1 is 1.13 bits per heavy atom. The van der Waals surface area contributed by atoms with E-state index >= 15 is 0 Å². The highest BCUT2D eigenvalue weighted by Gasteiger charge is 2.21. The van der Waals surface area contributed by atoms with E-state index in [1.54, 1.807) is 19.4 Å². The summed E-state index contributed by atoms with van der Waals surface area (Å²) in [5.41, 5.74) is 1.92. The molecule has 1 saturated heterocycles. The van der Waals surface area contributed by atoms with Crippen LogP contribution < -0.4 is 15.5 Å². The fourth-order valence-corrected chi connectivity index (χ4v) is 3.43. The number of nitrogens with one attached hydrogen (secondary N) is 2. The number of hydrogen-bond donors (Lipinski definition) is 2. The van der Waals surface area contributed by atoms with Gasteiger partial charge in [-0.25, -0.2) is 9.97 Å². The van der Waals surface area contributed by atoms with Crippen molar-refractivity contribution >= 4 is 47.5 Å². The lowest BCUT2D eigenvalue weighted by Gasteiger charge is -2.36. The smallest absolute Gasteiger partial charge is 0.225 e. The zero-order valence-electron chi connectivity index (χ0n) is 18.4. The van der Waals surface area contributed by atoms with Crippen LogP contribution in [0.5, 0.6) is 0 Å². The molecule has 1 aliphatic rings. The number of carbonyl (C=O) groups excluding carboxylic acids is 1. The molecule has 1 aromatic heterocycles. The summed E-state index contributed by atoms with van der Waals surface area (Å²) in [5, 5.41) is 6.41. The van der Waals surface area contributed by atoms with Crippen LogP contribution in [-0.2, 0) is 11.3 Å². The molecular formula is C22H32IN7O. The van der Waals surface area contributed by atoms with Gasteiger partial charge in [0, 0.05) is 64.3 Å². The Kier molecular flexibility index (Phi) is 9.96. The van der Waals surface area contributed by atoms with Gasteiger partial charge in [0.2, 0.25) is 11.9 Å². The molecular weight excluding hydrogens is 505 g/mol. The van der Waals surface area contributed by atoms with E-state index in [1.807, 2.05) is 44.2 Å². The molecule has 31 heavy (non-hydrogen) atoms. The number of aliphatic imine (C=N–C) groups is 1. The van der Waals surface area contributed by atoms with Crippen LogP contribution in [0.4, 0.5) is 11.6 Å². The number of nitrogens with zero attached hydrogens (tertiary/aromatic N) is 5. The van der Waals surface area contributed by atoms with Gasteiger partial charge in [0.05, 0.1) is 0 Å². The number of aromatic nitrogens is 2. The molecule has 9 heteroatoms. The predicted octanol–water partition coefficient (Wildman–Crippen LogP) is 2.98. The first-order valence-corrected chi connectivity index (χ1v) is 10.4. The van der Waals surface area contributed by atoms with Crippen LogP contribution >= 0.6 is 24.0 Å². The van der Waals surface area contributed by atoms with E-state index in [4.69, 9.17) is 0 Å². The third kappa shape index (κ3) is 7.64. The average molecular weight is 537 g/mol. The largest absolute Gasteiger partial charge is 0.352 e. The van der Waals surface area contributed by atoms with Crippen LogP contribution in [0, 0.1) is 5.92 Å². The van der Waals surface area contributed by atoms with Crippen LogP contribution in [0.15, 0.2) is 47.7 Å². The molecule has 1 amide bonds. The molecule has 2 heterocycles. The molecule has 0 atom stereocenters. The maximum atomic E-state index is 12.0. The number of guanidine groups is 1. The number of benzene rings is 1. The summed E-state index contributed by atoms with van der Waals surface area (Å²) in [6.45, 7) is 8.12. The first kappa shape index (κ1) is 24.8.